The van der Waals surface area contributed by atoms with Gasteiger partial charge in [0.15, 0.2) is 0 Å². The zero-order valence-electron chi connectivity index (χ0n) is 12.6. The first-order valence-electron chi connectivity index (χ1n) is 6.69. The topological polar surface area (TPSA) is 88.4 Å². The number of sulfonamides is 1. The Balaban J connectivity index is 2.13. The second kappa shape index (κ2) is 6.23. The summed E-state index contributed by atoms with van der Waals surface area (Å²) in [6.45, 7) is 3.54. The minimum absolute atomic E-state index is 0.236. The van der Waals surface area contributed by atoms with E-state index < -0.39 is 10.0 Å². The fourth-order valence-electron chi connectivity index (χ4n) is 2.06. The van der Waals surface area contributed by atoms with Gasteiger partial charge < -0.3 is 9.73 Å². The quantitative estimate of drug-likeness (QED) is 0.885. The molecule has 0 saturated carbocycles. The first kappa shape index (κ1) is 16.1. The molecule has 0 bridgehead atoms. The van der Waals surface area contributed by atoms with Gasteiger partial charge in [-0.1, -0.05) is 12.1 Å². The van der Waals surface area contributed by atoms with E-state index in [2.05, 4.69) is 10.0 Å². The highest BCUT2D eigenvalue weighted by atomic mass is 32.2. The summed E-state index contributed by atoms with van der Waals surface area (Å²) in [5.41, 5.74) is 1.74. The number of carbonyl (C=O) groups is 1. The second-order valence-electron chi connectivity index (χ2n) is 5.09. The zero-order chi connectivity index (χ0) is 16.3. The van der Waals surface area contributed by atoms with E-state index in [0.29, 0.717) is 17.0 Å². The van der Waals surface area contributed by atoms with Crippen molar-refractivity contribution in [3.05, 3.63) is 53.5 Å². The summed E-state index contributed by atoms with van der Waals surface area (Å²) in [6, 6.07) is 8.23. The minimum Gasteiger partial charge on any atom is -0.469 e. The summed E-state index contributed by atoms with van der Waals surface area (Å²) in [5, 5.41) is 2.85. The molecular formula is C15H18N2O4S. The Labute approximate surface area is 129 Å². The van der Waals surface area contributed by atoms with Crippen LogP contribution < -0.4 is 10.0 Å². The predicted octanol–water partition coefficient (Wildman–Crippen LogP) is 2.45. The molecule has 0 aliphatic rings. The van der Waals surface area contributed by atoms with Gasteiger partial charge in [-0.25, -0.2) is 8.42 Å². The van der Waals surface area contributed by atoms with Crippen LogP contribution in [-0.2, 0) is 10.0 Å². The van der Waals surface area contributed by atoms with Gasteiger partial charge in [0.05, 0.1) is 24.1 Å². The van der Waals surface area contributed by atoms with Crippen LogP contribution in [0.5, 0.6) is 0 Å². The third-order valence-electron chi connectivity index (χ3n) is 3.14. The molecule has 118 valence electrons. The molecule has 0 saturated heterocycles. The van der Waals surface area contributed by atoms with E-state index in [1.165, 1.54) is 6.26 Å². The molecule has 1 aromatic heterocycles. The standard InChI is InChI=1S/C15H18N2O4S/c1-10(16-15(18)14-7-8-21-11(14)2)12-5-4-6-13(9-12)17-22(3,19)20/h4-10,17H,1-3H3,(H,16,18). The Bertz CT molecular complexity index is 780. The molecule has 22 heavy (non-hydrogen) atoms. The lowest BCUT2D eigenvalue weighted by Crippen LogP contribution is -2.26. The lowest BCUT2D eigenvalue weighted by Gasteiger charge is -2.15. The fourth-order valence-corrected chi connectivity index (χ4v) is 2.62. The van der Waals surface area contributed by atoms with E-state index in [1.54, 1.807) is 31.2 Å². The highest BCUT2D eigenvalue weighted by Crippen LogP contribution is 2.19. The molecule has 7 heteroatoms. The van der Waals surface area contributed by atoms with Crippen molar-refractivity contribution < 1.29 is 17.6 Å². The van der Waals surface area contributed by atoms with Crippen molar-refractivity contribution in [3.63, 3.8) is 0 Å². The third-order valence-corrected chi connectivity index (χ3v) is 3.75. The number of hydrogen-bond acceptors (Lipinski definition) is 4. The summed E-state index contributed by atoms with van der Waals surface area (Å²) in [4.78, 5) is 12.1. The van der Waals surface area contributed by atoms with Gasteiger partial charge in [0, 0.05) is 5.69 Å². The Morgan fingerprint density at radius 1 is 1.27 bits per heavy atom. The van der Waals surface area contributed by atoms with E-state index in [1.807, 2.05) is 13.0 Å². The van der Waals surface area contributed by atoms with Gasteiger partial charge >= 0.3 is 0 Å². The van der Waals surface area contributed by atoms with Gasteiger partial charge in [-0.2, -0.15) is 0 Å². The summed E-state index contributed by atoms with van der Waals surface area (Å²) >= 11 is 0. The SMILES string of the molecule is Cc1occc1C(=O)NC(C)c1cccc(NS(C)(=O)=O)c1. The molecule has 1 heterocycles. The second-order valence-corrected chi connectivity index (χ2v) is 6.83. The Hall–Kier alpha value is -2.28. The molecule has 1 aromatic carbocycles. The van der Waals surface area contributed by atoms with Gasteiger partial charge in [-0.3, -0.25) is 9.52 Å². The molecular weight excluding hydrogens is 304 g/mol. The highest BCUT2D eigenvalue weighted by Gasteiger charge is 2.15. The van der Waals surface area contributed by atoms with Gasteiger partial charge in [-0.05, 0) is 37.6 Å². The van der Waals surface area contributed by atoms with Crippen molar-refractivity contribution in [2.24, 2.45) is 0 Å². The zero-order valence-corrected chi connectivity index (χ0v) is 13.4. The van der Waals surface area contributed by atoms with Crippen LogP contribution in [0.4, 0.5) is 5.69 Å². The van der Waals surface area contributed by atoms with Crippen molar-refractivity contribution in [2.75, 3.05) is 11.0 Å². The number of furan rings is 1. The average Bonchev–Trinajstić information content (AvgIpc) is 2.83. The molecule has 6 nitrogen and oxygen atoms in total. The Morgan fingerprint density at radius 2 is 2.00 bits per heavy atom. The normalized spacial score (nSPS) is 12.7. The van der Waals surface area contributed by atoms with Crippen LogP contribution in [0.25, 0.3) is 0 Å². The summed E-state index contributed by atoms with van der Waals surface area (Å²) < 4.78 is 30.0. The van der Waals surface area contributed by atoms with Gasteiger partial charge in [0.1, 0.15) is 5.76 Å². The first-order valence-corrected chi connectivity index (χ1v) is 8.58. The van der Waals surface area contributed by atoms with Crippen LogP contribution in [0.1, 0.15) is 34.6 Å². The molecule has 0 aliphatic heterocycles. The Morgan fingerprint density at radius 3 is 2.59 bits per heavy atom. The Kier molecular flexibility index (Phi) is 4.56. The van der Waals surface area contributed by atoms with Crippen LogP contribution in [0.15, 0.2) is 41.0 Å². The molecule has 1 amide bonds. The summed E-state index contributed by atoms with van der Waals surface area (Å²) in [7, 11) is -3.33. The average molecular weight is 322 g/mol. The van der Waals surface area contributed by atoms with Crippen LogP contribution in [0.2, 0.25) is 0 Å². The van der Waals surface area contributed by atoms with Gasteiger partial charge in [0.25, 0.3) is 5.91 Å². The van der Waals surface area contributed by atoms with Gasteiger partial charge in [-0.15, -0.1) is 0 Å². The fraction of sp³-hybridized carbons (Fsp3) is 0.267. The third kappa shape index (κ3) is 4.11. The van der Waals surface area contributed by atoms with Crippen LogP contribution in [0.3, 0.4) is 0 Å². The minimum atomic E-state index is -3.33. The first-order chi connectivity index (χ1) is 10.3. The predicted molar refractivity (Wildman–Crippen MR) is 84.2 cm³/mol. The number of aryl methyl sites for hydroxylation is 1. The maximum Gasteiger partial charge on any atom is 0.255 e. The molecule has 1 atom stereocenters. The molecule has 0 spiro atoms. The van der Waals surface area contributed by atoms with Gasteiger partial charge in [0.2, 0.25) is 10.0 Å². The lowest BCUT2D eigenvalue weighted by molar-refractivity contribution is 0.0938. The number of benzene rings is 1. The number of anilines is 1. The van der Waals surface area contributed by atoms with Crippen molar-refractivity contribution in [1.29, 1.82) is 0 Å². The maximum atomic E-state index is 12.1. The molecule has 2 aromatic rings. The number of hydrogen-bond donors (Lipinski definition) is 2. The largest absolute Gasteiger partial charge is 0.469 e. The van der Waals surface area contributed by atoms with E-state index in [9.17, 15) is 13.2 Å². The molecule has 2 rings (SSSR count). The number of carbonyl (C=O) groups excluding carboxylic acids is 1. The smallest absolute Gasteiger partial charge is 0.255 e. The van der Waals surface area contributed by atoms with E-state index in [-0.39, 0.29) is 11.9 Å². The van der Waals surface area contributed by atoms with Crippen LogP contribution >= 0.6 is 0 Å². The van der Waals surface area contributed by atoms with Crippen molar-refractivity contribution in [2.45, 2.75) is 19.9 Å². The van der Waals surface area contributed by atoms with E-state index in [4.69, 9.17) is 4.42 Å². The van der Waals surface area contributed by atoms with Crippen LogP contribution in [0, 0.1) is 6.92 Å². The molecule has 0 aliphatic carbocycles. The number of amides is 1. The highest BCUT2D eigenvalue weighted by molar-refractivity contribution is 7.92. The summed E-state index contributed by atoms with van der Waals surface area (Å²) in [5.74, 6) is 0.317. The van der Waals surface area contributed by atoms with Crippen molar-refractivity contribution >= 4 is 21.6 Å². The maximum absolute atomic E-state index is 12.1. The van der Waals surface area contributed by atoms with Crippen LogP contribution in [-0.4, -0.2) is 20.6 Å². The summed E-state index contributed by atoms with van der Waals surface area (Å²) in [6.07, 6.45) is 2.55. The van der Waals surface area contributed by atoms with Crippen molar-refractivity contribution in [3.8, 4) is 0 Å². The van der Waals surface area contributed by atoms with E-state index in [0.717, 1.165) is 11.8 Å². The number of nitrogens with one attached hydrogen (secondary N) is 2. The van der Waals surface area contributed by atoms with E-state index >= 15 is 0 Å². The molecule has 1 unspecified atom stereocenters. The molecule has 2 N–H and O–H groups in total. The lowest BCUT2D eigenvalue weighted by atomic mass is 10.1. The molecule has 0 fully saturated rings. The monoisotopic (exact) mass is 322 g/mol. The molecule has 0 radical (unpaired) electrons. The van der Waals surface area contributed by atoms with Crippen molar-refractivity contribution in [1.82, 2.24) is 5.32 Å². The number of rotatable bonds is 5.